The fraction of sp³-hybridized carbons (Fsp3) is 0.231. The van der Waals surface area contributed by atoms with Crippen LogP contribution in [-0.4, -0.2) is 54.4 Å². The normalized spacial score (nSPS) is 10.9. The van der Waals surface area contributed by atoms with Crippen molar-refractivity contribution in [3.05, 3.63) is 71.6 Å². The Morgan fingerprint density at radius 3 is 2.72 bits per heavy atom. The molecular weight excluding hydrogens is 460 g/mol. The molecule has 0 aliphatic carbocycles. The highest BCUT2D eigenvalue weighted by molar-refractivity contribution is 6.07. The van der Waals surface area contributed by atoms with Crippen molar-refractivity contribution in [1.29, 1.82) is 0 Å². The highest BCUT2D eigenvalue weighted by atomic mass is 16.5. The predicted octanol–water partition coefficient (Wildman–Crippen LogP) is 3.60. The zero-order valence-electron chi connectivity index (χ0n) is 20.6. The number of carbonyl (C=O) groups excluding carboxylic acids is 2. The summed E-state index contributed by atoms with van der Waals surface area (Å²) in [5, 5.41) is 9.40. The average molecular weight is 489 g/mol. The monoisotopic (exact) mass is 488 g/mol. The van der Waals surface area contributed by atoms with Crippen molar-refractivity contribution in [1.82, 2.24) is 25.5 Å². The van der Waals surface area contributed by atoms with Crippen molar-refractivity contribution >= 4 is 34.4 Å². The Balaban J connectivity index is 1.44. The van der Waals surface area contributed by atoms with Gasteiger partial charge in [0.05, 0.1) is 12.1 Å². The molecule has 0 spiro atoms. The van der Waals surface area contributed by atoms with Gasteiger partial charge >= 0.3 is 0 Å². The van der Waals surface area contributed by atoms with Crippen LogP contribution in [0.25, 0.3) is 11.0 Å². The second-order valence-electron chi connectivity index (χ2n) is 8.43. The van der Waals surface area contributed by atoms with Gasteiger partial charge in [0, 0.05) is 43.0 Å². The van der Waals surface area contributed by atoms with Crippen molar-refractivity contribution in [2.45, 2.75) is 13.5 Å². The smallest absolute Gasteiger partial charge is 0.255 e. The van der Waals surface area contributed by atoms with Crippen LogP contribution in [0.15, 0.2) is 59.1 Å². The van der Waals surface area contributed by atoms with Crippen molar-refractivity contribution in [2.75, 3.05) is 33.0 Å². The number of aromatic nitrogens is 2. The van der Waals surface area contributed by atoms with Crippen LogP contribution >= 0.6 is 0 Å². The third-order valence-electron chi connectivity index (χ3n) is 5.28. The molecule has 0 atom stereocenters. The van der Waals surface area contributed by atoms with Crippen LogP contribution in [0, 0.1) is 6.92 Å². The molecule has 0 radical (unpaired) electrons. The minimum Gasteiger partial charge on any atom is -0.460 e. The number of fused-ring (bicyclic) bond motifs is 1. The molecule has 36 heavy (non-hydrogen) atoms. The Bertz CT molecular complexity index is 1400. The maximum atomic E-state index is 12.2. The highest BCUT2D eigenvalue weighted by Gasteiger charge is 2.17. The fourth-order valence-corrected chi connectivity index (χ4v) is 3.68. The summed E-state index contributed by atoms with van der Waals surface area (Å²) < 4.78 is 11.7. The van der Waals surface area contributed by atoms with E-state index in [-0.39, 0.29) is 11.8 Å². The second kappa shape index (κ2) is 10.9. The van der Waals surface area contributed by atoms with Gasteiger partial charge in [0.15, 0.2) is 0 Å². The van der Waals surface area contributed by atoms with E-state index in [0.717, 1.165) is 11.3 Å². The fourth-order valence-electron chi connectivity index (χ4n) is 3.68. The number of rotatable bonds is 9. The molecule has 10 nitrogen and oxygen atoms in total. The molecule has 2 aromatic carbocycles. The Morgan fingerprint density at radius 1 is 1.11 bits per heavy atom. The molecule has 0 saturated carbocycles. The number of ether oxygens (including phenoxy) is 1. The van der Waals surface area contributed by atoms with Crippen LogP contribution in [0.2, 0.25) is 0 Å². The van der Waals surface area contributed by atoms with Crippen molar-refractivity contribution < 1.29 is 18.7 Å². The molecule has 0 aliphatic heterocycles. The van der Waals surface area contributed by atoms with Crippen molar-refractivity contribution in [2.24, 2.45) is 0 Å². The standard InChI is InChI=1S/C26H28N6O4/c1-16-24(25(34)27-2)20-9-8-19(13-21(20)35-16)36-23-10-11-28-26(31-23)30-18-7-5-6-17(12-18)14-29-22(33)15-32(3)4/h5-13H,14-15H2,1-4H3,(H,27,34)(H,29,33)(H,28,30,31). The second-order valence-corrected chi connectivity index (χ2v) is 8.43. The molecule has 4 aromatic rings. The summed E-state index contributed by atoms with van der Waals surface area (Å²) in [7, 11) is 5.28. The van der Waals surface area contributed by atoms with Gasteiger partial charge < -0.3 is 30.0 Å². The first-order valence-corrected chi connectivity index (χ1v) is 11.4. The minimum atomic E-state index is -0.202. The molecule has 4 rings (SSSR count). The zero-order chi connectivity index (χ0) is 25.7. The number of benzene rings is 2. The van der Waals surface area contributed by atoms with E-state index in [0.29, 0.717) is 53.0 Å². The number of amides is 2. The van der Waals surface area contributed by atoms with E-state index < -0.39 is 0 Å². The number of carbonyl (C=O) groups is 2. The van der Waals surface area contributed by atoms with Gasteiger partial charge in [-0.1, -0.05) is 12.1 Å². The van der Waals surface area contributed by atoms with Gasteiger partial charge in [-0.2, -0.15) is 4.98 Å². The molecule has 0 unspecified atom stereocenters. The number of hydrogen-bond acceptors (Lipinski definition) is 8. The number of hydrogen-bond donors (Lipinski definition) is 3. The van der Waals surface area contributed by atoms with Crippen LogP contribution < -0.4 is 20.7 Å². The van der Waals surface area contributed by atoms with Gasteiger partial charge in [-0.3, -0.25) is 9.59 Å². The van der Waals surface area contributed by atoms with Gasteiger partial charge in [-0.15, -0.1) is 0 Å². The summed E-state index contributed by atoms with van der Waals surface area (Å²) in [5.74, 6) is 1.51. The molecule has 0 saturated heterocycles. The summed E-state index contributed by atoms with van der Waals surface area (Å²) >= 11 is 0. The lowest BCUT2D eigenvalue weighted by molar-refractivity contribution is -0.121. The van der Waals surface area contributed by atoms with Crippen LogP contribution in [0.4, 0.5) is 11.6 Å². The van der Waals surface area contributed by atoms with E-state index in [4.69, 9.17) is 9.15 Å². The molecule has 10 heteroatoms. The van der Waals surface area contributed by atoms with Gasteiger partial charge in [0.25, 0.3) is 5.91 Å². The lowest BCUT2D eigenvalue weighted by Crippen LogP contribution is -2.32. The Kier molecular flexibility index (Phi) is 7.45. The van der Waals surface area contributed by atoms with Crippen LogP contribution in [0.3, 0.4) is 0 Å². The Labute approximate surface area is 208 Å². The third-order valence-corrected chi connectivity index (χ3v) is 5.28. The largest absolute Gasteiger partial charge is 0.460 e. The zero-order valence-corrected chi connectivity index (χ0v) is 20.6. The van der Waals surface area contributed by atoms with E-state index in [1.54, 1.807) is 44.4 Å². The van der Waals surface area contributed by atoms with Crippen LogP contribution in [0.1, 0.15) is 21.7 Å². The Morgan fingerprint density at radius 2 is 1.94 bits per heavy atom. The van der Waals surface area contributed by atoms with Crippen LogP contribution in [-0.2, 0) is 11.3 Å². The van der Waals surface area contributed by atoms with Gasteiger partial charge in [0.1, 0.15) is 17.1 Å². The molecule has 3 N–H and O–H groups in total. The van der Waals surface area contributed by atoms with E-state index in [2.05, 4.69) is 25.9 Å². The lowest BCUT2D eigenvalue weighted by Gasteiger charge is -2.11. The average Bonchev–Trinajstić information content (AvgIpc) is 3.17. The first-order valence-electron chi connectivity index (χ1n) is 11.4. The summed E-state index contributed by atoms with van der Waals surface area (Å²) in [6, 6.07) is 14.5. The van der Waals surface area contributed by atoms with Gasteiger partial charge in [-0.25, -0.2) is 4.98 Å². The summed E-state index contributed by atoms with van der Waals surface area (Å²) in [5.41, 5.74) is 2.77. The highest BCUT2D eigenvalue weighted by Crippen LogP contribution is 2.30. The Hall–Kier alpha value is -4.44. The van der Waals surface area contributed by atoms with Gasteiger partial charge in [-0.05, 0) is 50.8 Å². The molecule has 2 aromatic heterocycles. The first-order chi connectivity index (χ1) is 17.3. The number of likely N-dealkylation sites (N-methyl/N-ethyl adjacent to an activating group) is 1. The molecule has 186 valence electrons. The third kappa shape index (κ3) is 5.97. The summed E-state index contributed by atoms with van der Waals surface area (Å²) in [6.07, 6.45) is 1.59. The molecule has 0 aliphatic rings. The number of anilines is 2. The predicted molar refractivity (Wildman–Crippen MR) is 137 cm³/mol. The topological polar surface area (TPSA) is 122 Å². The molecule has 2 amide bonds. The maximum Gasteiger partial charge on any atom is 0.255 e. The lowest BCUT2D eigenvalue weighted by atomic mass is 10.1. The quantitative estimate of drug-likeness (QED) is 0.327. The van der Waals surface area contributed by atoms with E-state index in [1.807, 2.05) is 43.3 Å². The summed E-state index contributed by atoms with van der Waals surface area (Å²) in [6.45, 7) is 2.50. The summed E-state index contributed by atoms with van der Waals surface area (Å²) in [4.78, 5) is 34.6. The van der Waals surface area contributed by atoms with Crippen molar-refractivity contribution in [3.8, 4) is 11.6 Å². The molecule has 0 bridgehead atoms. The van der Waals surface area contributed by atoms with Crippen molar-refractivity contribution in [3.63, 3.8) is 0 Å². The van der Waals surface area contributed by atoms with E-state index >= 15 is 0 Å². The van der Waals surface area contributed by atoms with E-state index in [9.17, 15) is 9.59 Å². The van der Waals surface area contributed by atoms with Gasteiger partial charge in [0.2, 0.25) is 17.7 Å². The molecule has 0 fully saturated rings. The molecule has 2 heterocycles. The maximum absolute atomic E-state index is 12.2. The number of furan rings is 1. The minimum absolute atomic E-state index is 0.0423. The SMILES string of the molecule is CNC(=O)c1c(C)oc2cc(Oc3ccnc(Nc4cccc(CNC(=O)CN(C)C)c4)n3)ccc12. The molecular formula is C26H28N6O4. The number of nitrogens with zero attached hydrogens (tertiary/aromatic N) is 3. The number of nitrogens with one attached hydrogen (secondary N) is 3. The van der Waals surface area contributed by atoms with Crippen LogP contribution in [0.5, 0.6) is 11.6 Å². The number of aryl methyl sites for hydroxylation is 1. The van der Waals surface area contributed by atoms with E-state index in [1.165, 1.54) is 0 Å². The first kappa shape index (κ1) is 24.7.